The van der Waals surface area contributed by atoms with Crippen LogP contribution in [0, 0.1) is 13.8 Å². The van der Waals surface area contributed by atoms with Gasteiger partial charge in [-0.2, -0.15) is 5.10 Å². The van der Waals surface area contributed by atoms with Crippen molar-refractivity contribution in [3.63, 3.8) is 0 Å². The summed E-state index contributed by atoms with van der Waals surface area (Å²) in [7, 11) is 1.83. The van der Waals surface area contributed by atoms with Crippen molar-refractivity contribution in [3.05, 3.63) is 40.1 Å². The average molecular weight is 269 g/mol. The van der Waals surface area contributed by atoms with Gasteiger partial charge in [0.2, 0.25) is 0 Å². The van der Waals surface area contributed by atoms with E-state index in [9.17, 15) is 0 Å². The molecule has 5 nitrogen and oxygen atoms in total. The molecule has 0 aliphatic carbocycles. The molecule has 0 radical (unpaired) electrons. The minimum absolute atomic E-state index is 0.0378. The van der Waals surface area contributed by atoms with E-state index >= 15 is 0 Å². The lowest BCUT2D eigenvalue weighted by atomic mass is 10.0. The Kier molecular flexibility index (Phi) is 3.75. The summed E-state index contributed by atoms with van der Waals surface area (Å²) in [5.41, 5.74) is 5.76. The third kappa shape index (κ3) is 2.29. The monoisotopic (exact) mass is 268 g/mol. The van der Waals surface area contributed by atoms with Gasteiger partial charge in [-0.05, 0) is 26.3 Å². The van der Waals surface area contributed by atoms with E-state index < -0.39 is 0 Å². The predicted octanol–water partition coefficient (Wildman–Crippen LogP) is 2.03. The van der Waals surface area contributed by atoms with Crippen LogP contribution in [0.25, 0.3) is 0 Å². The highest BCUT2D eigenvalue weighted by Gasteiger charge is 2.20. The van der Waals surface area contributed by atoms with Gasteiger partial charge in [-0.15, -0.1) is 0 Å². The zero-order valence-electron chi connectivity index (χ0n) is 10.7. The van der Waals surface area contributed by atoms with Crippen LogP contribution in [0.5, 0.6) is 0 Å². The first kappa shape index (κ1) is 13.1. The van der Waals surface area contributed by atoms with Crippen LogP contribution in [0.4, 0.5) is 0 Å². The van der Waals surface area contributed by atoms with E-state index in [-0.39, 0.29) is 6.04 Å². The van der Waals surface area contributed by atoms with Gasteiger partial charge < -0.3 is 4.42 Å². The van der Waals surface area contributed by atoms with Crippen LogP contribution in [0.3, 0.4) is 0 Å². The first-order valence-electron chi connectivity index (χ1n) is 5.72. The first-order valence-corrected chi connectivity index (χ1v) is 6.10. The van der Waals surface area contributed by atoms with Crippen molar-refractivity contribution in [1.29, 1.82) is 0 Å². The van der Waals surface area contributed by atoms with Crippen molar-refractivity contribution >= 4 is 11.6 Å². The fraction of sp³-hybridized carbons (Fsp3) is 0.417. The van der Waals surface area contributed by atoms with Crippen LogP contribution in [-0.4, -0.2) is 9.78 Å². The highest BCUT2D eigenvalue weighted by atomic mass is 35.5. The number of halogens is 1. The van der Waals surface area contributed by atoms with Crippen LogP contribution in [-0.2, 0) is 13.5 Å². The fourth-order valence-electron chi connectivity index (χ4n) is 2.12. The maximum atomic E-state index is 6.22. The van der Waals surface area contributed by atoms with Gasteiger partial charge in [0.25, 0.3) is 0 Å². The zero-order valence-corrected chi connectivity index (χ0v) is 11.5. The summed E-state index contributed by atoms with van der Waals surface area (Å²) in [6.45, 7) is 3.86. The summed E-state index contributed by atoms with van der Waals surface area (Å²) in [4.78, 5) is 0. The Morgan fingerprint density at radius 2 is 2.28 bits per heavy atom. The van der Waals surface area contributed by atoms with Gasteiger partial charge in [-0.3, -0.25) is 16.0 Å². The van der Waals surface area contributed by atoms with E-state index in [0.717, 1.165) is 22.6 Å². The van der Waals surface area contributed by atoms with E-state index in [1.165, 1.54) is 0 Å². The second-order valence-electron chi connectivity index (χ2n) is 4.33. The highest BCUT2D eigenvalue weighted by molar-refractivity contribution is 6.30. The molecule has 0 saturated heterocycles. The molecule has 0 aromatic carbocycles. The van der Waals surface area contributed by atoms with Gasteiger partial charge in [-0.1, -0.05) is 11.6 Å². The molecule has 0 fully saturated rings. The molecule has 98 valence electrons. The van der Waals surface area contributed by atoms with Crippen molar-refractivity contribution in [3.8, 4) is 0 Å². The number of hydrazine groups is 1. The highest BCUT2D eigenvalue weighted by Crippen LogP contribution is 2.27. The van der Waals surface area contributed by atoms with Crippen LogP contribution in [0.15, 0.2) is 16.7 Å². The second-order valence-corrected chi connectivity index (χ2v) is 4.69. The molecule has 1 atom stereocenters. The minimum atomic E-state index is -0.0378. The lowest BCUT2D eigenvalue weighted by Crippen LogP contribution is -2.29. The molecular weight excluding hydrogens is 252 g/mol. The molecular formula is C12H17ClN4O. The van der Waals surface area contributed by atoms with Crippen molar-refractivity contribution < 1.29 is 4.42 Å². The number of hydrogen-bond acceptors (Lipinski definition) is 4. The number of nitrogens with one attached hydrogen (secondary N) is 1. The number of nitrogens with two attached hydrogens (primary N) is 1. The molecule has 6 heteroatoms. The fourth-order valence-corrected chi connectivity index (χ4v) is 2.38. The lowest BCUT2D eigenvalue weighted by molar-refractivity contribution is 0.501. The Bertz CT molecular complexity index is 546. The minimum Gasteiger partial charge on any atom is -0.469 e. The SMILES string of the molecule is Cc1nn(C)c(Cl)c1CC(NN)c1ccoc1C. The van der Waals surface area contributed by atoms with E-state index in [0.29, 0.717) is 11.6 Å². The van der Waals surface area contributed by atoms with E-state index in [1.807, 2.05) is 27.0 Å². The summed E-state index contributed by atoms with van der Waals surface area (Å²) in [5.74, 6) is 6.48. The van der Waals surface area contributed by atoms with Crippen LogP contribution in [0.1, 0.15) is 28.6 Å². The van der Waals surface area contributed by atoms with Crippen molar-refractivity contribution in [2.75, 3.05) is 0 Å². The molecule has 0 spiro atoms. The average Bonchev–Trinajstić information content (AvgIpc) is 2.84. The summed E-state index contributed by atoms with van der Waals surface area (Å²) in [6, 6.07) is 1.88. The molecule has 18 heavy (non-hydrogen) atoms. The van der Waals surface area contributed by atoms with E-state index in [2.05, 4.69) is 10.5 Å². The second kappa shape index (κ2) is 5.14. The Balaban J connectivity index is 2.29. The van der Waals surface area contributed by atoms with Crippen molar-refractivity contribution in [2.24, 2.45) is 12.9 Å². The van der Waals surface area contributed by atoms with Gasteiger partial charge >= 0.3 is 0 Å². The number of aromatic nitrogens is 2. The third-order valence-corrected chi connectivity index (χ3v) is 3.63. The van der Waals surface area contributed by atoms with Gasteiger partial charge in [0.05, 0.1) is 18.0 Å². The molecule has 3 N–H and O–H groups in total. The molecule has 0 aliphatic rings. The van der Waals surface area contributed by atoms with Crippen molar-refractivity contribution in [2.45, 2.75) is 26.3 Å². The third-order valence-electron chi connectivity index (χ3n) is 3.15. The van der Waals surface area contributed by atoms with Gasteiger partial charge in [0.1, 0.15) is 10.9 Å². The smallest absolute Gasteiger partial charge is 0.130 e. The van der Waals surface area contributed by atoms with Crippen LogP contribution in [0.2, 0.25) is 5.15 Å². The predicted molar refractivity (Wildman–Crippen MR) is 70.2 cm³/mol. The molecule has 0 bridgehead atoms. The molecule has 2 rings (SSSR count). The lowest BCUT2D eigenvalue weighted by Gasteiger charge is -2.15. The Hall–Kier alpha value is -1.30. The largest absolute Gasteiger partial charge is 0.469 e. The van der Waals surface area contributed by atoms with E-state index in [1.54, 1.807) is 10.9 Å². The summed E-state index contributed by atoms with van der Waals surface area (Å²) >= 11 is 6.22. The normalized spacial score (nSPS) is 12.9. The summed E-state index contributed by atoms with van der Waals surface area (Å²) in [6.07, 6.45) is 2.34. The van der Waals surface area contributed by atoms with E-state index in [4.69, 9.17) is 21.9 Å². The molecule has 2 aromatic rings. The zero-order chi connectivity index (χ0) is 13.3. The number of furan rings is 1. The number of hydrogen-bond donors (Lipinski definition) is 2. The topological polar surface area (TPSA) is 69.0 Å². The molecule has 1 unspecified atom stereocenters. The van der Waals surface area contributed by atoms with Crippen LogP contribution < -0.4 is 11.3 Å². The quantitative estimate of drug-likeness (QED) is 0.658. The van der Waals surface area contributed by atoms with Gasteiger partial charge in [0.15, 0.2) is 0 Å². The van der Waals surface area contributed by atoms with Gasteiger partial charge in [-0.25, -0.2) is 0 Å². The summed E-state index contributed by atoms with van der Waals surface area (Å²) in [5, 5.41) is 4.94. The number of nitrogens with zero attached hydrogens (tertiary/aromatic N) is 2. The van der Waals surface area contributed by atoms with Crippen molar-refractivity contribution in [1.82, 2.24) is 15.2 Å². The molecule has 0 amide bonds. The Labute approximate surface area is 111 Å². The number of aryl methyl sites for hydroxylation is 3. The first-order chi connectivity index (χ1) is 8.54. The molecule has 2 aromatic heterocycles. The van der Waals surface area contributed by atoms with Gasteiger partial charge in [0, 0.05) is 18.2 Å². The standard InChI is InChI=1S/C12H17ClN4O/c1-7-10(12(13)17(3)16-7)6-11(15-14)9-4-5-18-8(9)2/h4-5,11,15H,6,14H2,1-3H3. The maximum Gasteiger partial charge on any atom is 0.130 e. The molecule has 2 heterocycles. The van der Waals surface area contributed by atoms with Crippen LogP contribution >= 0.6 is 11.6 Å². The summed E-state index contributed by atoms with van der Waals surface area (Å²) < 4.78 is 6.97. The Morgan fingerprint density at radius 1 is 1.56 bits per heavy atom. The maximum absolute atomic E-state index is 6.22. The number of rotatable bonds is 4. The Morgan fingerprint density at radius 3 is 2.72 bits per heavy atom. The molecule has 0 saturated carbocycles. The molecule has 0 aliphatic heterocycles.